The van der Waals surface area contributed by atoms with E-state index in [-0.39, 0.29) is 48.9 Å². The molecule has 0 rings (SSSR count). The molecule has 7 nitrogen and oxygen atoms in total. The molecule has 0 bridgehead atoms. The molecule has 0 N–H and O–H groups in total. The van der Waals surface area contributed by atoms with Crippen LogP contribution in [0.5, 0.6) is 0 Å². The minimum absolute atomic E-state index is 0.00805. The minimum Gasteiger partial charge on any atom is -0.464 e. The van der Waals surface area contributed by atoms with Crippen LogP contribution in [0.25, 0.3) is 0 Å². The van der Waals surface area contributed by atoms with Gasteiger partial charge in [0.05, 0.1) is 24.9 Å². The lowest BCUT2D eigenvalue weighted by molar-refractivity contribution is -0.152. The molecule has 0 aromatic carbocycles. The Hall–Kier alpha value is -1.63. The van der Waals surface area contributed by atoms with Crippen molar-refractivity contribution in [3.05, 3.63) is 0 Å². The van der Waals surface area contributed by atoms with E-state index < -0.39 is 0 Å². The third kappa shape index (κ3) is 33.9. The van der Waals surface area contributed by atoms with Crippen molar-refractivity contribution in [2.75, 3.05) is 40.4 Å². The maximum atomic E-state index is 13.6. The molecule has 0 aliphatic carbocycles. The number of hydrogen-bond donors (Lipinski definition) is 0. The van der Waals surface area contributed by atoms with Gasteiger partial charge in [0, 0.05) is 12.5 Å². The van der Waals surface area contributed by atoms with Crippen LogP contribution in [-0.4, -0.2) is 74.1 Å². The van der Waals surface area contributed by atoms with Gasteiger partial charge in [0.2, 0.25) is 5.91 Å². The Morgan fingerprint density at radius 3 is 0.947 bits per heavy atom. The second-order valence-electron chi connectivity index (χ2n) is 17.8. The average Bonchev–Trinajstić information content (AvgIpc) is 3.19. The first-order chi connectivity index (χ1) is 27.7. The second-order valence-corrected chi connectivity index (χ2v) is 17.8. The van der Waals surface area contributed by atoms with Gasteiger partial charge in [-0.15, -0.1) is 0 Å². The Morgan fingerprint density at radius 2 is 0.684 bits per heavy atom. The van der Waals surface area contributed by atoms with E-state index in [9.17, 15) is 14.4 Å². The molecule has 0 aliphatic heterocycles. The topological polar surface area (TPSA) is 76.1 Å². The molecule has 0 aliphatic rings. The molecule has 0 fully saturated rings. The first-order valence-electron chi connectivity index (χ1n) is 25.0. The van der Waals surface area contributed by atoms with E-state index in [1.54, 1.807) is 4.90 Å². The van der Waals surface area contributed by atoms with E-state index in [0.29, 0.717) is 19.5 Å². The molecule has 0 aromatic rings. The predicted octanol–water partition coefficient (Wildman–Crippen LogP) is 14.0. The smallest absolute Gasteiger partial charge is 0.308 e. The van der Waals surface area contributed by atoms with E-state index in [1.165, 1.54) is 154 Å². The molecule has 0 spiro atoms. The molecule has 1 amide bonds. The number of rotatable bonds is 43. The molecule has 338 valence electrons. The van der Waals surface area contributed by atoms with E-state index in [1.807, 2.05) is 25.9 Å². The number of carbonyl (C=O) groups excluding carboxylic acids is 3. The molecule has 1 unspecified atom stereocenters. The zero-order chi connectivity index (χ0) is 42.2. The van der Waals surface area contributed by atoms with E-state index in [4.69, 9.17) is 9.47 Å². The lowest BCUT2D eigenvalue weighted by Gasteiger charge is -2.27. The Morgan fingerprint density at radius 1 is 0.421 bits per heavy atom. The summed E-state index contributed by atoms with van der Waals surface area (Å²) in [4.78, 5) is 44.4. The van der Waals surface area contributed by atoms with Crippen molar-refractivity contribution < 1.29 is 23.9 Å². The fourth-order valence-corrected chi connectivity index (χ4v) is 7.83. The van der Waals surface area contributed by atoms with Crippen LogP contribution in [0.1, 0.15) is 247 Å². The molecule has 57 heavy (non-hydrogen) atoms. The van der Waals surface area contributed by atoms with Gasteiger partial charge in [0.25, 0.3) is 0 Å². The molecule has 1 atom stereocenters. The van der Waals surface area contributed by atoms with Crippen molar-refractivity contribution in [1.29, 1.82) is 0 Å². The molecule has 0 saturated heterocycles. The molecular formula is C50H98N2O5. The number of nitrogens with zero attached hydrogens (tertiary/aromatic N) is 2. The number of amides is 1. The van der Waals surface area contributed by atoms with Crippen LogP contribution < -0.4 is 0 Å². The van der Waals surface area contributed by atoms with Gasteiger partial charge in [-0.1, -0.05) is 207 Å². The molecule has 0 heterocycles. The molecular weight excluding hydrogens is 709 g/mol. The SMILES string of the molecule is CCCCCCCCCC(CCCCCCCCC)C(=O)OCCN(CCOC(=O)C(CCCCCCCCC)CCCCCCCCC)C(=O)CC(C)N(C)C. The van der Waals surface area contributed by atoms with Crippen molar-refractivity contribution in [2.45, 2.75) is 253 Å². The maximum absolute atomic E-state index is 13.6. The summed E-state index contributed by atoms with van der Waals surface area (Å²) in [6.07, 6.45) is 38.5. The third-order valence-corrected chi connectivity index (χ3v) is 12.2. The predicted molar refractivity (Wildman–Crippen MR) is 244 cm³/mol. The van der Waals surface area contributed by atoms with E-state index in [0.717, 1.165) is 51.4 Å². The first-order valence-corrected chi connectivity index (χ1v) is 25.0. The van der Waals surface area contributed by atoms with Gasteiger partial charge < -0.3 is 19.3 Å². The zero-order valence-electron chi connectivity index (χ0n) is 39.3. The fraction of sp³-hybridized carbons (Fsp3) is 0.940. The Balaban J connectivity index is 5.32. The van der Waals surface area contributed by atoms with Gasteiger partial charge in [-0.3, -0.25) is 14.4 Å². The number of esters is 2. The third-order valence-electron chi connectivity index (χ3n) is 12.2. The highest BCUT2D eigenvalue weighted by Gasteiger charge is 2.24. The minimum atomic E-state index is -0.106. The summed E-state index contributed by atoms with van der Waals surface area (Å²) < 4.78 is 11.9. The zero-order valence-corrected chi connectivity index (χ0v) is 39.3. The van der Waals surface area contributed by atoms with Gasteiger partial charge in [-0.25, -0.2) is 0 Å². The second kappa shape index (κ2) is 41.1. The number of hydrogen-bond acceptors (Lipinski definition) is 6. The maximum Gasteiger partial charge on any atom is 0.308 e. The highest BCUT2D eigenvalue weighted by molar-refractivity contribution is 5.77. The Labute approximate surface area is 355 Å². The lowest BCUT2D eigenvalue weighted by atomic mass is 9.94. The lowest BCUT2D eigenvalue weighted by Crippen LogP contribution is -2.41. The normalized spacial score (nSPS) is 12.2. The van der Waals surface area contributed by atoms with Crippen LogP contribution in [0.15, 0.2) is 0 Å². The van der Waals surface area contributed by atoms with Crippen LogP contribution in [0, 0.1) is 11.8 Å². The summed E-state index contributed by atoms with van der Waals surface area (Å²) >= 11 is 0. The van der Waals surface area contributed by atoms with Gasteiger partial charge in [0.1, 0.15) is 13.2 Å². The van der Waals surface area contributed by atoms with Crippen molar-refractivity contribution in [3.8, 4) is 0 Å². The molecule has 0 aromatic heterocycles. The summed E-state index contributed by atoms with van der Waals surface area (Å²) in [6.45, 7) is 12.1. The summed E-state index contributed by atoms with van der Waals surface area (Å²) in [7, 11) is 3.97. The quantitative estimate of drug-likeness (QED) is 0.0451. The molecule has 0 saturated carbocycles. The summed E-state index contributed by atoms with van der Waals surface area (Å²) in [5.41, 5.74) is 0. The van der Waals surface area contributed by atoms with Gasteiger partial charge in [-0.2, -0.15) is 0 Å². The average molecular weight is 807 g/mol. The number of unbranched alkanes of at least 4 members (excludes halogenated alkanes) is 24. The van der Waals surface area contributed by atoms with Crippen LogP contribution in [0.2, 0.25) is 0 Å². The number of ether oxygens (including phenoxy) is 2. The van der Waals surface area contributed by atoms with Crippen molar-refractivity contribution >= 4 is 17.8 Å². The van der Waals surface area contributed by atoms with Gasteiger partial charge >= 0.3 is 11.9 Å². The van der Waals surface area contributed by atoms with Gasteiger partial charge in [0.15, 0.2) is 0 Å². The van der Waals surface area contributed by atoms with Crippen LogP contribution >= 0.6 is 0 Å². The fourth-order valence-electron chi connectivity index (χ4n) is 7.83. The largest absolute Gasteiger partial charge is 0.464 e. The molecule has 0 radical (unpaired) electrons. The number of carbonyl (C=O) groups is 3. The standard InChI is InChI=1S/C50H98N2O5/c1-8-12-16-20-24-28-32-36-46(37-33-29-25-21-17-13-9-2)49(54)56-42-40-52(48(53)44-45(5)51(6)7)41-43-57-50(55)47(38-34-30-26-22-18-14-10-3)39-35-31-27-23-19-15-11-4/h45-47H,8-44H2,1-7H3. The van der Waals surface area contributed by atoms with E-state index >= 15 is 0 Å². The first kappa shape index (κ1) is 55.4. The van der Waals surface area contributed by atoms with Gasteiger partial charge in [-0.05, 0) is 46.7 Å². The van der Waals surface area contributed by atoms with Crippen molar-refractivity contribution in [1.82, 2.24) is 9.80 Å². The highest BCUT2D eigenvalue weighted by Crippen LogP contribution is 2.23. The summed E-state index contributed by atoms with van der Waals surface area (Å²) in [5.74, 6) is -0.342. The summed E-state index contributed by atoms with van der Waals surface area (Å²) in [5, 5.41) is 0. The monoisotopic (exact) mass is 807 g/mol. The highest BCUT2D eigenvalue weighted by atomic mass is 16.5. The Kier molecular flexibility index (Phi) is 39.9. The van der Waals surface area contributed by atoms with Crippen molar-refractivity contribution in [3.63, 3.8) is 0 Å². The summed E-state index contributed by atoms with van der Waals surface area (Å²) in [6, 6.07) is 0.0757. The molecule has 7 heteroatoms. The van der Waals surface area contributed by atoms with Crippen LogP contribution in [0.4, 0.5) is 0 Å². The Bertz CT molecular complexity index is 817. The van der Waals surface area contributed by atoms with Crippen molar-refractivity contribution in [2.24, 2.45) is 11.8 Å². The van der Waals surface area contributed by atoms with Crippen LogP contribution in [0.3, 0.4) is 0 Å². The van der Waals surface area contributed by atoms with E-state index in [2.05, 4.69) is 27.7 Å². The van der Waals surface area contributed by atoms with Crippen LogP contribution in [-0.2, 0) is 23.9 Å².